The summed E-state index contributed by atoms with van der Waals surface area (Å²) in [7, 11) is 0. The lowest BCUT2D eigenvalue weighted by Gasteiger charge is -2.27. The molecule has 0 spiro atoms. The second kappa shape index (κ2) is 6.86. The Morgan fingerprint density at radius 1 is 1.24 bits per heavy atom. The number of carbonyl (C=O) groups excluding carboxylic acids is 1. The summed E-state index contributed by atoms with van der Waals surface area (Å²) in [5.41, 5.74) is 2.65. The fourth-order valence-corrected chi connectivity index (χ4v) is 2.79. The zero-order valence-electron chi connectivity index (χ0n) is 13.5. The topological polar surface area (TPSA) is 86.3 Å². The van der Waals surface area contributed by atoms with Crippen molar-refractivity contribution in [2.24, 2.45) is 0 Å². The first-order valence-corrected chi connectivity index (χ1v) is 8.02. The number of furan rings is 1. The molecule has 8 nitrogen and oxygen atoms in total. The molecule has 0 aliphatic carbocycles. The summed E-state index contributed by atoms with van der Waals surface area (Å²) in [6.07, 6.45) is 5.00. The van der Waals surface area contributed by atoms with Gasteiger partial charge in [-0.05, 0) is 23.8 Å². The maximum atomic E-state index is 12.4. The second-order valence-corrected chi connectivity index (χ2v) is 5.76. The van der Waals surface area contributed by atoms with Gasteiger partial charge in [0.2, 0.25) is 0 Å². The van der Waals surface area contributed by atoms with Crippen molar-refractivity contribution < 1.29 is 13.9 Å². The molecule has 0 unspecified atom stereocenters. The van der Waals surface area contributed by atoms with Gasteiger partial charge in [-0.3, -0.25) is 9.78 Å². The van der Waals surface area contributed by atoms with Crippen molar-refractivity contribution in [1.29, 1.82) is 0 Å². The van der Waals surface area contributed by atoms with Crippen molar-refractivity contribution in [2.75, 3.05) is 6.54 Å². The number of ether oxygens (including phenoxy) is 1. The van der Waals surface area contributed by atoms with Gasteiger partial charge in [-0.2, -0.15) is 0 Å². The van der Waals surface area contributed by atoms with Crippen LogP contribution in [-0.4, -0.2) is 37.3 Å². The fourth-order valence-electron chi connectivity index (χ4n) is 2.79. The zero-order chi connectivity index (χ0) is 17.1. The average Bonchev–Trinajstić information content (AvgIpc) is 3.32. The molecular formula is C17H17N5O3. The van der Waals surface area contributed by atoms with Gasteiger partial charge in [0.1, 0.15) is 5.69 Å². The maximum Gasteiger partial charge on any atom is 0.289 e. The lowest BCUT2D eigenvalue weighted by molar-refractivity contribution is 0.0667. The van der Waals surface area contributed by atoms with Gasteiger partial charge >= 0.3 is 0 Å². The van der Waals surface area contributed by atoms with E-state index >= 15 is 0 Å². The van der Waals surface area contributed by atoms with Crippen LogP contribution in [0.2, 0.25) is 0 Å². The molecule has 0 saturated heterocycles. The molecule has 0 fully saturated rings. The van der Waals surface area contributed by atoms with Crippen molar-refractivity contribution in [2.45, 2.75) is 26.3 Å². The van der Waals surface area contributed by atoms with E-state index in [1.54, 1.807) is 29.4 Å². The summed E-state index contributed by atoms with van der Waals surface area (Å²) in [5, 5.41) is 8.35. The minimum Gasteiger partial charge on any atom is -0.459 e. The number of amides is 1. The summed E-state index contributed by atoms with van der Waals surface area (Å²) in [6, 6.07) is 7.21. The number of fused-ring (bicyclic) bond motifs is 1. The second-order valence-electron chi connectivity index (χ2n) is 5.76. The third-order valence-electron chi connectivity index (χ3n) is 4.09. The van der Waals surface area contributed by atoms with Gasteiger partial charge in [0.05, 0.1) is 38.3 Å². The number of nitrogens with zero attached hydrogens (tertiary/aromatic N) is 5. The number of hydrogen-bond acceptors (Lipinski definition) is 6. The number of hydrogen-bond donors (Lipinski definition) is 0. The van der Waals surface area contributed by atoms with Crippen LogP contribution in [0.25, 0.3) is 0 Å². The van der Waals surface area contributed by atoms with E-state index in [1.165, 1.54) is 6.26 Å². The smallest absolute Gasteiger partial charge is 0.289 e. The molecule has 25 heavy (non-hydrogen) atoms. The van der Waals surface area contributed by atoms with Crippen LogP contribution in [0.15, 0.2) is 47.3 Å². The third kappa shape index (κ3) is 3.29. The molecule has 1 aliphatic heterocycles. The highest BCUT2D eigenvalue weighted by molar-refractivity contribution is 5.91. The molecule has 4 rings (SSSR count). The molecular weight excluding hydrogens is 322 g/mol. The molecule has 0 bridgehead atoms. The molecule has 0 saturated carbocycles. The summed E-state index contributed by atoms with van der Waals surface area (Å²) in [5.74, 6) is 0.218. The van der Waals surface area contributed by atoms with Crippen LogP contribution in [-0.2, 0) is 31.0 Å². The molecule has 3 aromatic heterocycles. The van der Waals surface area contributed by atoms with E-state index in [4.69, 9.17) is 9.15 Å². The van der Waals surface area contributed by atoms with E-state index in [9.17, 15) is 4.79 Å². The number of pyridine rings is 1. The van der Waals surface area contributed by atoms with Gasteiger partial charge in [-0.25, -0.2) is 4.68 Å². The highest BCUT2D eigenvalue weighted by atomic mass is 16.5. The largest absolute Gasteiger partial charge is 0.459 e. The van der Waals surface area contributed by atoms with Crippen LogP contribution in [0.1, 0.15) is 27.5 Å². The Balaban J connectivity index is 1.41. The molecule has 128 valence electrons. The maximum absolute atomic E-state index is 12.4. The number of aromatic nitrogens is 4. The van der Waals surface area contributed by atoms with E-state index in [0.29, 0.717) is 38.6 Å². The first-order valence-electron chi connectivity index (χ1n) is 8.02. The Bertz CT molecular complexity index is 845. The molecule has 0 aromatic carbocycles. The Morgan fingerprint density at radius 2 is 2.20 bits per heavy atom. The van der Waals surface area contributed by atoms with Crippen LogP contribution in [0.5, 0.6) is 0 Å². The van der Waals surface area contributed by atoms with Gasteiger partial charge in [0, 0.05) is 18.9 Å². The van der Waals surface area contributed by atoms with Crippen molar-refractivity contribution in [1.82, 2.24) is 24.9 Å². The lowest BCUT2D eigenvalue weighted by atomic mass is 10.2. The predicted molar refractivity (Wildman–Crippen MR) is 86.2 cm³/mol. The van der Waals surface area contributed by atoms with Gasteiger partial charge in [0.25, 0.3) is 5.91 Å². The Kier molecular flexibility index (Phi) is 4.26. The summed E-state index contributed by atoms with van der Waals surface area (Å²) < 4.78 is 12.8. The highest BCUT2D eigenvalue weighted by Crippen LogP contribution is 2.18. The van der Waals surface area contributed by atoms with Crippen molar-refractivity contribution in [3.05, 3.63) is 65.6 Å². The first-order chi connectivity index (χ1) is 12.3. The molecule has 0 N–H and O–H groups in total. The van der Waals surface area contributed by atoms with Gasteiger partial charge in [0.15, 0.2) is 5.76 Å². The van der Waals surface area contributed by atoms with E-state index in [-0.39, 0.29) is 5.91 Å². The van der Waals surface area contributed by atoms with Crippen LogP contribution in [0.4, 0.5) is 0 Å². The highest BCUT2D eigenvalue weighted by Gasteiger charge is 2.26. The van der Waals surface area contributed by atoms with Crippen molar-refractivity contribution in [3.63, 3.8) is 0 Å². The molecule has 1 aliphatic rings. The van der Waals surface area contributed by atoms with Crippen LogP contribution in [0.3, 0.4) is 0 Å². The van der Waals surface area contributed by atoms with E-state index in [1.807, 2.05) is 16.8 Å². The van der Waals surface area contributed by atoms with E-state index in [2.05, 4.69) is 15.3 Å². The van der Waals surface area contributed by atoms with Gasteiger partial charge < -0.3 is 14.1 Å². The number of carbonyl (C=O) groups is 1. The van der Waals surface area contributed by atoms with Crippen LogP contribution >= 0.6 is 0 Å². The van der Waals surface area contributed by atoms with Crippen LogP contribution < -0.4 is 0 Å². The molecule has 1 amide bonds. The normalized spacial score (nSPS) is 13.7. The van der Waals surface area contributed by atoms with Crippen molar-refractivity contribution in [3.8, 4) is 0 Å². The average molecular weight is 339 g/mol. The minimum absolute atomic E-state index is 0.125. The number of rotatable bonds is 5. The molecule has 0 atom stereocenters. The van der Waals surface area contributed by atoms with Gasteiger partial charge in [-0.1, -0.05) is 11.3 Å². The first kappa shape index (κ1) is 15.5. The van der Waals surface area contributed by atoms with E-state index < -0.39 is 0 Å². The quantitative estimate of drug-likeness (QED) is 0.702. The molecule has 8 heteroatoms. The SMILES string of the molecule is O=C(c1ccco1)N1CCn2nnc(COCc3cccnc3)c2C1. The Morgan fingerprint density at radius 3 is 3.00 bits per heavy atom. The fraction of sp³-hybridized carbons (Fsp3) is 0.294. The Labute approximate surface area is 144 Å². The van der Waals surface area contributed by atoms with E-state index in [0.717, 1.165) is 17.0 Å². The minimum atomic E-state index is -0.125. The van der Waals surface area contributed by atoms with Gasteiger partial charge in [-0.15, -0.1) is 5.10 Å². The van der Waals surface area contributed by atoms with Crippen molar-refractivity contribution >= 4 is 5.91 Å². The summed E-state index contributed by atoms with van der Waals surface area (Å²) in [6.45, 7) is 2.42. The third-order valence-corrected chi connectivity index (χ3v) is 4.09. The molecule has 0 radical (unpaired) electrons. The Hall–Kier alpha value is -3.00. The zero-order valence-corrected chi connectivity index (χ0v) is 13.5. The predicted octanol–water partition coefficient (Wildman–Crippen LogP) is 1.64. The molecule has 4 heterocycles. The standard InChI is InChI=1S/C17H17N5O3/c23-17(16-4-2-8-25-16)21-6-7-22-15(10-21)14(19-20-22)12-24-11-13-3-1-5-18-9-13/h1-5,8-9H,6-7,10-12H2. The molecule has 3 aromatic rings. The lowest BCUT2D eigenvalue weighted by Crippen LogP contribution is -2.38. The summed E-state index contributed by atoms with van der Waals surface area (Å²) in [4.78, 5) is 18.2. The van der Waals surface area contributed by atoms with Crippen LogP contribution in [0, 0.1) is 0 Å². The monoisotopic (exact) mass is 339 g/mol. The summed E-state index contributed by atoms with van der Waals surface area (Å²) >= 11 is 0.